The zero-order valence-corrected chi connectivity index (χ0v) is 6.95. The van der Waals surface area contributed by atoms with Gasteiger partial charge in [0.05, 0.1) is 0 Å². The molecule has 0 saturated heterocycles. The van der Waals surface area contributed by atoms with Crippen LogP contribution in [0.15, 0.2) is 17.6 Å². The van der Waals surface area contributed by atoms with Gasteiger partial charge >= 0.3 is 0 Å². The third kappa shape index (κ3) is 2.43. The van der Waals surface area contributed by atoms with Gasteiger partial charge in [-0.1, -0.05) is 25.1 Å². The summed E-state index contributed by atoms with van der Waals surface area (Å²) in [7, 11) is 0. The second kappa shape index (κ2) is 4.39. The van der Waals surface area contributed by atoms with E-state index in [2.05, 4.69) is 16.9 Å². The topological polar surface area (TPSA) is 28.7 Å². The molecule has 1 aromatic rings. The number of aromatic amines is 1. The third-order valence-electron chi connectivity index (χ3n) is 1.21. The van der Waals surface area contributed by atoms with Crippen LogP contribution < -0.4 is 0 Å². The lowest BCUT2D eigenvalue weighted by Gasteiger charge is -1.93. The fourth-order valence-electron chi connectivity index (χ4n) is 0.643. The molecule has 0 bridgehead atoms. The molecule has 1 heterocycles. The van der Waals surface area contributed by atoms with Gasteiger partial charge in [-0.15, -0.1) is 0 Å². The van der Waals surface area contributed by atoms with Crippen molar-refractivity contribution in [1.29, 1.82) is 0 Å². The molecule has 3 heteroatoms. The van der Waals surface area contributed by atoms with Crippen LogP contribution in [0.1, 0.15) is 19.8 Å². The molecule has 0 atom stereocenters. The highest BCUT2D eigenvalue weighted by atomic mass is 32.2. The number of thioether (sulfide) groups is 1. The Hall–Kier alpha value is -0.440. The summed E-state index contributed by atoms with van der Waals surface area (Å²) in [5, 5.41) is 1.04. The molecule has 0 fully saturated rings. The highest BCUT2D eigenvalue weighted by Gasteiger charge is 1.92. The Balaban J connectivity index is 2.15. The first-order chi connectivity index (χ1) is 4.93. The number of nitrogens with one attached hydrogen (secondary N) is 1. The molecule has 1 N–H and O–H groups in total. The summed E-state index contributed by atoms with van der Waals surface area (Å²) in [5.41, 5.74) is 0. The van der Waals surface area contributed by atoms with Crippen molar-refractivity contribution >= 4 is 11.8 Å². The van der Waals surface area contributed by atoms with E-state index < -0.39 is 0 Å². The molecule has 1 rings (SSSR count). The summed E-state index contributed by atoms with van der Waals surface area (Å²) in [6.07, 6.45) is 6.17. The highest BCUT2D eigenvalue weighted by molar-refractivity contribution is 7.99. The maximum absolute atomic E-state index is 4.10. The summed E-state index contributed by atoms with van der Waals surface area (Å²) in [6, 6.07) is 0. The van der Waals surface area contributed by atoms with E-state index in [1.165, 1.54) is 18.6 Å². The fraction of sp³-hybridized carbons (Fsp3) is 0.571. The van der Waals surface area contributed by atoms with E-state index in [-0.39, 0.29) is 0 Å². The van der Waals surface area contributed by atoms with Gasteiger partial charge in [0, 0.05) is 18.1 Å². The van der Waals surface area contributed by atoms with Gasteiger partial charge in [0.2, 0.25) is 0 Å². The lowest BCUT2D eigenvalue weighted by atomic mass is 10.4. The van der Waals surface area contributed by atoms with Gasteiger partial charge in [-0.25, -0.2) is 4.98 Å². The van der Waals surface area contributed by atoms with Crippen molar-refractivity contribution in [3.05, 3.63) is 12.4 Å². The summed E-state index contributed by atoms with van der Waals surface area (Å²) in [5.74, 6) is 1.17. The second-order valence-electron chi connectivity index (χ2n) is 2.10. The van der Waals surface area contributed by atoms with E-state index in [1.54, 1.807) is 18.0 Å². The predicted molar refractivity (Wildman–Crippen MR) is 44.2 cm³/mol. The number of imidazole rings is 1. The van der Waals surface area contributed by atoms with Crippen LogP contribution in [0.25, 0.3) is 0 Å². The Morgan fingerprint density at radius 3 is 3.20 bits per heavy atom. The lowest BCUT2D eigenvalue weighted by molar-refractivity contribution is 0.892. The Labute approximate surface area is 65.4 Å². The van der Waals surface area contributed by atoms with Crippen LogP contribution in [-0.2, 0) is 0 Å². The smallest absolute Gasteiger partial charge is 0.165 e. The highest BCUT2D eigenvalue weighted by Crippen LogP contribution is 2.12. The summed E-state index contributed by atoms with van der Waals surface area (Å²) in [6.45, 7) is 2.20. The van der Waals surface area contributed by atoms with Crippen molar-refractivity contribution in [2.24, 2.45) is 0 Å². The van der Waals surface area contributed by atoms with Gasteiger partial charge < -0.3 is 4.98 Å². The van der Waals surface area contributed by atoms with E-state index in [0.29, 0.717) is 0 Å². The number of aromatic nitrogens is 2. The second-order valence-corrected chi connectivity index (χ2v) is 3.18. The van der Waals surface area contributed by atoms with Gasteiger partial charge in [-0.05, 0) is 6.42 Å². The zero-order valence-electron chi connectivity index (χ0n) is 6.13. The van der Waals surface area contributed by atoms with Crippen LogP contribution in [0.2, 0.25) is 0 Å². The molecule has 0 unspecified atom stereocenters. The van der Waals surface area contributed by atoms with Gasteiger partial charge in [0.15, 0.2) is 5.16 Å². The Kier molecular flexibility index (Phi) is 3.36. The quantitative estimate of drug-likeness (QED) is 0.535. The van der Waals surface area contributed by atoms with Crippen LogP contribution in [0.5, 0.6) is 0 Å². The molecule has 0 saturated carbocycles. The maximum Gasteiger partial charge on any atom is 0.165 e. The largest absolute Gasteiger partial charge is 0.340 e. The van der Waals surface area contributed by atoms with Crippen LogP contribution in [0.3, 0.4) is 0 Å². The van der Waals surface area contributed by atoms with E-state index >= 15 is 0 Å². The predicted octanol–water partition coefficient (Wildman–Crippen LogP) is 2.30. The number of unbranched alkanes of at least 4 members (excludes halogenated alkanes) is 1. The lowest BCUT2D eigenvalue weighted by Crippen LogP contribution is -1.79. The molecule has 0 aromatic carbocycles. The normalized spacial score (nSPS) is 10.1. The molecule has 10 heavy (non-hydrogen) atoms. The van der Waals surface area contributed by atoms with Crippen molar-refractivity contribution in [3.8, 4) is 0 Å². The van der Waals surface area contributed by atoms with Crippen LogP contribution in [0, 0.1) is 0 Å². The molecular formula is C7H12N2S. The Morgan fingerprint density at radius 1 is 1.70 bits per heavy atom. The van der Waals surface area contributed by atoms with Crippen molar-refractivity contribution in [2.45, 2.75) is 24.9 Å². The minimum atomic E-state index is 1.04. The molecule has 0 radical (unpaired) electrons. The van der Waals surface area contributed by atoms with Gasteiger partial charge in [0.1, 0.15) is 0 Å². The minimum absolute atomic E-state index is 1.04. The van der Waals surface area contributed by atoms with Crippen molar-refractivity contribution in [1.82, 2.24) is 9.97 Å². The van der Waals surface area contributed by atoms with Gasteiger partial charge in [0.25, 0.3) is 0 Å². The van der Waals surface area contributed by atoms with E-state index in [9.17, 15) is 0 Å². The van der Waals surface area contributed by atoms with Crippen LogP contribution in [0.4, 0.5) is 0 Å². The number of hydrogen-bond donors (Lipinski definition) is 1. The zero-order chi connectivity index (χ0) is 7.23. The van der Waals surface area contributed by atoms with E-state index in [4.69, 9.17) is 0 Å². The average Bonchev–Trinajstić information content (AvgIpc) is 2.41. The first-order valence-electron chi connectivity index (χ1n) is 3.55. The minimum Gasteiger partial charge on any atom is -0.340 e. The molecule has 0 aliphatic heterocycles. The van der Waals surface area contributed by atoms with Crippen molar-refractivity contribution in [2.75, 3.05) is 5.75 Å². The summed E-state index contributed by atoms with van der Waals surface area (Å²) >= 11 is 1.78. The van der Waals surface area contributed by atoms with Crippen molar-refractivity contribution < 1.29 is 0 Å². The summed E-state index contributed by atoms with van der Waals surface area (Å²) < 4.78 is 0. The standard InChI is InChI=1S/C7H12N2S/c1-2-3-6-10-7-8-4-5-9-7/h4-5H,2-3,6H2,1H3,(H,8,9). The molecule has 0 aliphatic rings. The Bertz CT molecular complexity index is 160. The monoisotopic (exact) mass is 156 g/mol. The Morgan fingerprint density at radius 2 is 2.60 bits per heavy atom. The molecule has 0 aliphatic carbocycles. The number of hydrogen-bond acceptors (Lipinski definition) is 2. The molecule has 0 spiro atoms. The molecular weight excluding hydrogens is 144 g/mol. The van der Waals surface area contributed by atoms with E-state index in [0.717, 1.165) is 5.16 Å². The molecule has 0 amide bonds. The van der Waals surface area contributed by atoms with Crippen LogP contribution in [-0.4, -0.2) is 15.7 Å². The summed E-state index contributed by atoms with van der Waals surface area (Å²) in [4.78, 5) is 7.14. The molecule has 1 aromatic heterocycles. The molecule has 2 nitrogen and oxygen atoms in total. The maximum atomic E-state index is 4.10. The number of rotatable bonds is 4. The van der Waals surface area contributed by atoms with Gasteiger partial charge in [-0.3, -0.25) is 0 Å². The van der Waals surface area contributed by atoms with Crippen LogP contribution >= 0.6 is 11.8 Å². The first-order valence-corrected chi connectivity index (χ1v) is 4.54. The SMILES string of the molecule is CCCCSc1ncc[nH]1. The van der Waals surface area contributed by atoms with Gasteiger partial charge in [-0.2, -0.15) is 0 Å². The van der Waals surface area contributed by atoms with Crippen molar-refractivity contribution in [3.63, 3.8) is 0 Å². The fourth-order valence-corrected chi connectivity index (χ4v) is 1.56. The number of nitrogens with zero attached hydrogens (tertiary/aromatic N) is 1. The first kappa shape index (κ1) is 7.66. The van der Waals surface area contributed by atoms with E-state index in [1.807, 2.05) is 6.20 Å². The third-order valence-corrected chi connectivity index (χ3v) is 2.20. The number of H-pyrrole nitrogens is 1. The molecule has 56 valence electrons. The average molecular weight is 156 g/mol.